The van der Waals surface area contributed by atoms with Crippen LogP contribution < -0.4 is 10.1 Å². The van der Waals surface area contributed by atoms with Crippen LogP contribution in [0.4, 0.5) is 5.69 Å². The van der Waals surface area contributed by atoms with E-state index in [1.54, 1.807) is 24.1 Å². The minimum Gasteiger partial charge on any atom is -0.497 e. The molecule has 0 bridgehead atoms. The van der Waals surface area contributed by atoms with Crippen molar-refractivity contribution in [3.63, 3.8) is 0 Å². The fourth-order valence-electron chi connectivity index (χ4n) is 3.96. The number of methoxy groups -OCH3 is 1. The molecule has 0 aromatic heterocycles. The summed E-state index contributed by atoms with van der Waals surface area (Å²) in [5.74, 6) is 0.966. The van der Waals surface area contributed by atoms with Gasteiger partial charge >= 0.3 is 0 Å². The molecule has 1 atom stereocenters. The van der Waals surface area contributed by atoms with Crippen LogP contribution in [0.25, 0.3) is 0 Å². The predicted octanol–water partition coefficient (Wildman–Crippen LogP) is 5.00. The first-order chi connectivity index (χ1) is 18.3. The van der Waals surface area contributed by atoms with Gasteiger partial charge in [0.15, 0.2) is 0 Å². The molecule has 0 aliphatic carbocycles. The molecule has 0 saturated heterocycles. The highest BCUT2D eigenvalue weighted by molar-refractivity contribution is 7.99. The largest absolute Gasteiger partial charge is 0.497 e. The number of hydrogen-bond acceptors (Lipinski definition) is 6. The average Bonchev–Trinajstić information content (AvgIpc) is 2.91. The van der Waals surface area contributed by atoms with Crippen LogP contribution in [0.15, 0.2) is 78.9 Å². The summed E-state index contributed by atoms with van der Waals surface area (Å²) in [5.41, 5.74) is 2.72. The second-order valence-electron chi connectivity index (χ2n) is 9.16. The minimum absolute atomic E-state index is 0.0270. The summed E-state index contributed by atoms with van der Waals surface area (Å²) in [6, 6.07) is 22.6. The van der Waals surface area contributed by atoms with Gasteiger partial charge in [0.05, 0.1) is 17.8 Å². The lowest BCUT2D eigenvalue weighted by atomic mass is 10.0. The SMILES string of the molecule is COc1cccc(CN(C(=O)CSCc2ccc([N+](=O)[O-])cc2)[C@H](Cc2ccccc2)C(=O)NC(C)C)c1. The maximum Gasteiger partial charge on any atom is 0.269 e. The quantitative estimate of drug-likeness (QED) is 0.244. The number of carbonyl (C=O) groups excluding carboxylic acids is 2. The Morgan fingerprint density at radius 3 is 2.29 bits per heavy atom. The minimum atomic E-state index is -0.710. The topological polar surface area (TPSA) is 102 Å². The van der Waals surface area contributed by atoms with E-state index in [0.29, 0.717) is 17.9 Å². The fourth-order valence-corrected chi connectivity index (χ4v) is 4.83. The molecule has 0 fully saturated rings. The third-order valence-corrected chi connectivity index (χ3v) is 6.82. The number of nitro groups is 1. The molecular formula is C29H33N3O5S. The molecule has 0 unspecified atom stereocenters. The summed E-state index contributed by atoms with van der Waals surface area (Å²) in [5, 5.41) is 13.9. The Hall–Kier alpha value is -3.85. The number of rotatable bonds is 13. The molecule has 38 heavy (non-hydrogen) atoms. The lowest BCUT2D eigenvalue weighted by molar-refractivity contribution is -0.384. The van der Waals surface area contributed by atoms with Crippen LogP contribution in [-0.4, -0.2) is 46.6 Å². The van der Waals surface area contributed by atoms with Crippen molar-refractivity contribution in [1.29, 1.82) is 0 Å². The van der Waals surface area contributed by atoms with Gasteiger partial charge in [-0.15, -0.1) is 11.8 Å². The maximum atomic E-state index is 13.7. The van der Waals surface area contributed by atoms with Gasteiger partial charge in [0, 0.05) is 36.9 Å². The van der Waals surface area contributed by atoms with Gasteiger partial charge in [0.2, 0.25) is 11.8 Å². The molecule has 9 heteroatoms. The number of thioether (sulfide) groups is 1. The summed E-state index contributed by atoms with van der Waals surface area (Å²) in [6.07, 6.45) is 0.377. The van der Waals surface area contributed by atoms with Crippen molar-refractivity contribution in [2.24, 2.45) is 0 Å². The van der Waals surface area contributed by atoms with E-state index >= 15 is 0 Å². The van der Waals surface area contributed by atoms with Crippen molar-refractivity contribution in [1.82, 2.24) is 10.2 Å². The number of amides is 2. The predicted molar refractivity (Wildman–Crippen MR) is 150 cm³/mol. The Bertz CT molecular complexity index is 1220. The molecule has 3 rings (SSSR count). The first-order valence-corrected chi connectivity index (χ1v) is 13.5. The van der Waals surface area contributed by atoms with Gasteiger partial charge in [-0.05, 0) is 42.7 Å². The molecule has 0 heterocycles. The normalized spacial score (nSPS) is 11.6. The highest BCUT2D eigenvalue weighted by atomic mass is 32.2. The van der Waals surface area contributed by atoms with Gasteiger partial charge < -0.3 is 15.0 Å². The van der Waals surface area contributed by atoms with E-state index < -0.39 is 11.0 Å². The number of nitrogens with zero attached hydrogens (tertiary/aromatic N) is 2. The zero-order valence-corrected chi connectivity index (χ0v) is 22.6. The molecule has 8 nitrogen and oxygen atoms in total. The van der Waals surface area contributed by atoms with Crippen molar-refractivity contribution in [3.8, 4) is 5.75 Å². The fraction of sp³-hybridized carbons (Fsp3) is 0.310. The second-order valence-corrected chi connectivity index (χ2v) is 10.1. The number of carbonyl (C=O) groups is 2. The first-order valence-electron chi connectivity index (χ1n) is 12.3. The number of nitrogens with one attached hydrogen (secondary N) is 1. The van der Waals surface area contributed by atoms with Crippen molar-refractivity contribution in [3.05, 3.63) is 106 Å². The third-order valence-electron chi connectivity index (χ3n) is 5.83. The van der Waals surface area contributed by atoms with E-state index in [1.807, 2.05) is 68.4 Å². The number of benzene rings is 3. The lowest BCUT2D eigenvalue weighted by Crippen LogP contribution is -2.52. The van der Waals surface area contributed by atoms with E-state index in [0.717, 1.165) is 16.7 Å². The third kappa shape index (κ3) is 8.62. The zero-order valence-electron chi connectivity index (χ0n) is 21.8. The van der Waals surface area contributed by atoms with Gasteiger partial charge in [-0.1, -0.05) is 54.6 Å². The van der Waals surface area contributed by atoms with Crippen molar-refractivity contribution in [2.75, 3.05) is 12.9 Å². The molecule has 3 aromatic rings. The Kier molecular flexibility index (Phi) is 10.7. The van der Waals surface area contributed by atoms with E-state index in [4.69, 9.17) is 4.74 Å². The van der Waals surface area contributed by atoms with Crippen LogP contribution in [0.5, 0.6) is 5.75 Å². The monoisotopic (exact) mass is 535 g/mol. The Labute approximate surface area is 227 Å². The second kappa shape index (κ2) is 14.2. The molecule has 200 valence electrons. The maximum absolute atomic E-state index is 13.7. The summed E-state index contributed by atoms with van der Waals surface area (Å²) >= 11 is 1.41. The Balaban J connectivity index is 1.83. The van der Waals surface area contributed by atoms with Crippen LogP contribution in [0.2, 0.25) is 0 Å². The number of non-ortho nitro benzene ring substituents is 1. The van der Waals surface area contributed by atoms with Gasteiger partial charge in [-0.2, -0.15) is 0 Å². The van der Waals surface area contributed by atoms with Crippen molar-refractivity contribution >= 4 is 29.3 Å². The van der Waals surface area contributed by atoms with E-state index in [9.17, 15) is 19.7 Å². The molecule has 2 amide bonds. The van der Waals surface area contributed by atoms with Gasteiger partial charge in [0.25, 0.3) is 5.69 Å². The summed E-state index contributed by atoms with van der Waals surface area (Å²) in [4.78, 5) is 39.2. The highest BCUT2D eigenvalue weighted by Crippen LogP contribution is 2.21. The number of ether oxygens (including phenoxy) is 1. The lowest BCUT2D eigenvalue weighted by Gasteiger charge is -2.32. The van der Waals surface area contributed by atoms with E-state index in [2.05, 4.69) is 5.32 Å². The van der Waals surface area contributed by atoms with Gasteiger partial charge in [-0.25, -0.2) is 0 Å². The molecule has 0 saturated carbocycles. The van der Waals surface area contributed by atoms with Crippen LogP contribution in [0.1, 0.15) is 30.5 Å². The summed E-state index contributed by atoms with van der Waals surface area (Å²) in [6.45, 7) is 4.04. The molecule has 0 aliphatic heterocycles. The smallest absolute Gasteiger partial charge is 0.269 e. The molecular weight excluding hydrogens is 502 g/mol. The molecule has 0 spiro atoms. The van der Waals surface area contributed by atoms with Crippen LogP contribution in [-0.2, 0) is 28.3 Å². The average molecular weight is 536 g/mol. The Morgan fingerprint density at radius 2 is 1.66 bits per heavy atom. The van der Waals surface area contributed by atoms with E-state index in [-0.39, 0.29) is 35.8 Å². The first kappa shape index (κ1) is 28.7. The molecule has 0 aliphatic rings. The zero-order chi connectivity index (χ0) is 27.5. The van der Waals surface area contributed by atoms with Crippen molar-refractivity contribution < 1.29 is 19.2 Å². The molecule has 1 N–H and O–H groups in total. The van der Waals surface area contributed by atoms with Crippen molar-refractivity contribution in [2.45, 2.75) is 44.6 Å². The Morgan fingerprint density at radius 1 is 0.974 bits per heavy atom. The summed E-state index contributed by atoms with van der Waals surface area (Å²) < 4.78 is 5.36. The van der Waals surface area contributed by atoms with Crippen LogP contribution in [0.3, 0.4) is 0 Å². The molecule has 0 radical (unpaired) electrons. The number of nitro benzene ring substituents is 1. The standard InChI is InChI=1S/C29H33N3O5S/c1-21(2)30-29(34)27(17-22-8-5-4-6-9-22)31(18-24-10-7-11-26(16-24)37-3)28(33)20-38-19-23-12-14-25(15-13-23)32(35)36/h4-16,21,27H,17-20H2,1-3H3,(H,30,34)/t27-/m1/s1. The molecule has 3 aromatic carbocycles. The van der Waals surface area contributed by atoms with Crippen LogP contribution >= 0.6 is 11.8 Å². The highest BCUT2D eigenvalue weighted by Gasteiger charge is 2.30. The van der Waals surface area contributed by atoms with Gasteiger partial charge in [-0.3, -0.25) is 19.7 Å². The number of hydrogen-bond donors (Lipinski definition) is 1. The van der Waals surface area contributed by atoms with E-state index in [1.165, 1.54) is 23.9 Å². The summed E-state index contributed by atoms with van der Waals surface area (Å²) in [7, 11) is 1.59. The van der Waals surface area contributed by atoms with Gasteiger partial charge in [0.1, 0.15) is 11.8 Å². The van der Waals surface area contributed by atoms with Crippen LogP contribution in [0, 0.1) is 10.1 Å².